The van der Waals surface area contributed by atoms with Gasteiger partial charge in [-0.15, -0.1) is 24.0 Å². The molecule has 0 saturated carbocycles. The van der Waals surface area contributed by atoms with Crippen LogP contribution in [-0.2, 0) is 4.74 Å². The molecule has 1 aromatic rings. The average Bonchev–Trinajstić information content (AvgIpc) is 2.47. The van der Waals surface area contributed by atoms with Crippen molar-refractivity contribution in [1.82, 2.24) is 0 Å². The molecular weight excluding hydrogens is 369 g/mol. The molecule has 0 radical (unpaired) electrons. The van der Waals surface area contributed by atoms with Crippen LogP contribution in [0.15, 0.2) is 41.6 Å². The minimum absolute atomic E-state index is 0. The van der Waals surface area contributed by atoms with Crippen LogP contribution in [0.4, 0.5) is 5.69 Å². The van der Waals surface area contributed by atoms with Gasteiger partial charge in [0, 0.05) is 5.69 Å². The number of anilines is 1. The second-order valence-electron chi connectivity index (χ2n) is 4.29. The Labute approximate surface area is 136 Å². The fourth-order valence-electron chi connectivity index (χ4n) is 1.78. The summed E-state index contributed by atoms with van der Waals surface area (Å²) in [4.78, 5) is 4.28. The first-order valence-electron chi connectivity index (χ1n) is 6.29. The van der Waals surface area contributed by atoms with Crippen LogP contribution in [0.2, 0.25) is 0 Å². The first-order valence-corrected chi connectivity index (χ1v) is 6.29. The monoisotopic (exact) mass is 389 g/mol. The van der Waals surface area contributed by atoms with E-state index in [4.69, 9.17) is 15.2 Å². The number of nitrogens with two attached hydrogens (primary N) is 1. The van der Waals surface area contributed by atoms with Gasteiger partial charge in [0.05, 0.1) is 19.9 Å². The smallest absolute Gasteiger partial charge is 0.193 e. The summed E-state index contributed by atoms with van der Waals surface area (Å²) in [7, 11) is 1.64. The maximum atomic E-state index is 5.83. The lowest BCUT2D eigenvalue weighted by Crippen LogP contribution is -2.25. The maximum absolute atomic E-state index is 5.83. The molecule has 0 amide bonds. The highest BCUT2D eigenvalue weighted by Gasteiger charge is 2.09. The van der Waals surface area contributed by atoms with E-state index in [1.54, 1.807) is 13.4 Å². The molecule has 3 N–H and O–H groups in total. The molecule has 0 aromatic heterocycles. The van der Waals surface area contributed by atoms with Crippen molar-refractivity contribution >= 4 is 35.6 Å². The van der Waals surface area contributed by atoms with Crippen molar-refractivity contribution < 1.29 is 9.47 Å². The zero-order valence-electron chi connectivity index (χ0n) is 11.4. The van der Waals surface area contributed by atoms with E-state index >= 15 is 0 Å². The van der Waals surface area contributed by atoms with E-state index in [9.17, 15) is 0 Å². The fraction of sp³-hybridized carbons (Fsp3) is 0.357. The zero-order chi connectivity index (χ0) is 13.5. The van der Waals surface area contributed by atoms with Crippen molar-refractivity contribution in [2.24, 2.45) is 10.7 Å². The van der Waals surface area contributed by atoms with E-state index in [1.165, 1.54) is 0 Å². The van der Waals surface area contributed by atoms with Crippen molar-refractivity contribution in [3.05, 3.63) is 36.6 Å². The number of nitrogens with one attached hydrogen (secondary N) is 1. The number of methoxy groups -OCH3 is 1. The second kappa shape index (κ2) is 8.68. The van der Waals surface area contributed by atoms with E-state index in [1.807, 2.05) is 30.3 Å². The van der Waals surface area contributed by atoms with Crippen LogP contribution < -0.4 is 15.8 Å². The minimum Gasteiger partial charge on any atom is -0.497 e. The van der Waals surface area contributed by atoms with Crippen molar-refractivity contribution in [3.8, 4) is 5.75 Å². The van der Waals surface area contributed by atoms with Crippen LogP contribution in [0.25, 0.3) is 0 Å². The lowest BCUT2D eigenvalue weighted by molar-refractivity contribution is 0.131. The molecule has 6 heteroatoms. The first kappa shape index (κ1) is 16.6. The Morgan fingerprint density at radius 3 is 2.80 bits per heavy atom. The number of hydrogen-bond donors (Lipinski definition) is 2. The topological polar surface area (TPSA) is 68.9 Å². The summed E-state index contributed by atoms with van der Waals surface area (Å²) in [5.41, 5.74) is 6.71. The third-order valence-corrected chi connectivity index (χ3v) is 2.85. The third kappa shape index (κ3) is 5.28. The Balaban J connectivity index is 0.00000200. The Morgan fingerprint density at radius 2 is 2.20 bits per heavy atom. The molecule has 1 aliphatic heterocycles. The van der Waals surface area contributed by atoms with Gasteiger partial charge in [0.25, 0.3) is 0 Å². The van der Waals surface area contributed by atoms with E-state index in [0.29, 0.717) is 12.5 Å². The summed E-state index contributed by atoms with van der Waals surface area (Å²) in [6, 6.07) is 7.51. The number of hydrogen-bond acceptors (Lipinski definition) is 3. The predicted octanol–water partition coefficient (Wildman–Crippen LogP) is 2.73. The van der Waals surface area contributed by atoms with Gasteiger partial charge < -0.3 is 20.5 Å². The molecule has 1 heterocycles. The van der Waals surface area contributed by atoms with Crippen molar-refractivity contribution in [3.63, 3.8) is 0 Å². The molecule has 20 heavy (non-hydrogen) atoms. The maximum Gasteiger partial charge on any atom is 0.193 e. The Hall–Kier alpha value is -1.44. The normalized spacial score (nSPS) is 17.9. The summed E-state index contributed by atoms with van der Waals surface area (Å²) < 4.78 is 10.5. The molecule has 0 bridgehead atoms. The number of benzene rings is 1. The van der Waals surface area contributed by atoms with Crippen LogP contribution >= 0.6 is 24.0 Å². The molecule has 1 atom stereocenters. The number of ether oxygens (including phenoxy) is 2. The highest BCUT2D eigenvalue weighted by molar-refractivity contribution is 14.0. The van der Waals surface area contributed by atoms with Gasteiger partial charge in [0.1, 0.15) is 11.9 Å². The van der Waals surface area contributed by atoms with Crippen LogP contribution in [0, 0.1) is 0 Å². The largest absolute Gasteiger partial charge is 0.497 e. The number of nitrogens with zero attached hydrogens (tertiary/aromatic N) is 1. The second-order valence-corrected chi connectivity index (χ2v) is 4.29. The van der Waals surface area contributed by atoms with Crippen LogP contribution in [0.1, 0.15) is 12.8 Å². The quantitative estimate of drug-likeness (QED) is 0.472. The summed E-state index contributed by atoms with van der Waals surface area (Å²) in [6.45, 7) is 0.569. The van der Waals surface area contributed by atoms with Gasteiger partial charge in [-0.2, -0.15) is 0 Å². The standard InChI is InChI=1S/C14H19N3O2.HI/c1-18-12-7-5-11(6-8-12)17-14(15)16-10-13-4-2-3-9-19-13;/h3,5-9,13H,2,4,10H2,1H3,(H3,15,16,17);1H. The van der Waals surface area contributed by atoms with E-state index in [2.05, 4.69) is 10.3 Å². The van der Waals surface area contributed by atoms with Gasteiger partial charge in [-0.1, -0.05) is 0 Å². The van der Waals surface area contributed by atoms with E-state index in [-0.39, 0.29) is 30.1 Å². The minimum atomic E-state index is 0. The van der Waals surface area contributed by atoms with Crippen LogP contribution in [0.3, 0.4) is 0 Å². The molecule has 1 aromatic carbocycles. The molecule has 0 fully saturated rings. The molecule has 1 unspecified atom stereocenters. The molecule has 1 aliphatic rings. The number of guanidine groups is 1. The van der Waals surface area contributed by atoms with E-state index in [0.717, 1.165) is 24.3 Å². The number of halogens is 1. The fourth-order valence-corrected chi connectivity index (χ4v) is 1.78. The van der Waals surface area contributed by atoms with E-state index < -0.39 is 0 Å². The van der Waals surface area contributed by atoms with Gasteiger partial charge in [0.15, 0.2) is 5.96 Å². The van der Waals surface area contributed by atoms with Crippen molar-refractivity contribution in [2.45, 2.75) is 18.9 Å². The Bertz CT molecular complexity index is 460. The average molecular weight is 389 g/mol. The van der Waals surface area contributed by atoms with Crippen molar-refractivity contribution in [2.75, 3.05) is 19.0 Å². The highest BCUT2D eigenvalue weighted by Crippen LogP contribution is 2.15. The molecular formula is C14H20IN3O2. The summed E-state index contributed by atoms with van der Waals surface area (Å²) >= 11 is 0. The van der Waals surface area contributed by atoms with Crippen LogP contribution in [-0.4, -0.2) is 25.7 Å². The molecule has 110 valence electrons. The third-order valence-electron chi connectivity index (χ3n) is 2.85. The van der Waals surface area contributed by atoms with Gasteiger partial charge in [0.2, 0.25) is 0 Å². The summed E-state index contributed by atoms with van der Waals surface area (Å²) in [5.74, 6) is 1.20. The zero-order valence-corrected chi connectivity index (χ0v) is 13.7. The molecule has 5 nitrogen and oxygen atoms in total. The van der Waals surface area contributed by atoms with Gasteiger partial charge in [-0.25, -0.2) is 4.99 Å². The Morgan fingerprint density at radius 1 is 1.45 bits per heavy atom. The predicted molar refractivity (Wildman–Crippen MR) is 91.8 cm³/mol. The molecule has 0 spiro atoms. The summed E-state index contributed by atoms with van der Waals surface area (Å²) in [6.07, 6.45) is 5.89. The van der Waals surface area contributed by atoms with Crippen LogP contribution in [0.5, 0.6) is 5.75 Å². The molecule has 2 rings (SSSR count). The lowest BCUT2D eigenvalue weighted by Gasteiger charge is -2.17. The van der Waals surface area contributed by atoms with Gasteiger partial charge >= 0.3 is 0 Å². The van der Waals surface area contributed by atoms with Crippen molar-refractivity contribution in [1.29, 1.82) is 0 Å². The van der Waals surface area contributed by atoms with Gasteiger partial charge in [-0.3, -0.25) is 0 Å². The number of allylic oxidation sites excluding steroid dienone is 1. The number of aliphatic imine (C=N–C) groups is 1. The Kier molecular flexibility index (Phi) is 7.21. The first-order chi connectivity index (χ1) is 9.28. The molecule has 0 saturated heterocycles. The number of rotatable bonds is 4. The SMILES string of the molecule is COc1ccc(NC(N)=NCC2CCC=CO2)cc1.I. The lowest BCUT2D eigenvalue weighted by atomic mass is 10.2. The highest BCUT2D eigenvalue weighted by atomic mass is 127. The molecule has 0 aliphatic carbocycles. The summed E-state index contributed by atoms with van der Waals surface area (Å²) in [5, 5.41) is 3.03. The van der Waals surface area contributed by atoms with Gasteiger partial charge in [-0.05, 0) is 43.2 Å².